The Kier molecular flexibility index (Phi) is 4.09. The van der Waals surface area contributed by atoms with Gasteiger partial charge in [-0.1, -0.05) is 24.4 Å². The minimum absolute atomic E-state index is 0.536. The molecule has 1 aromatic rings. The van der Waals surface area contributed by atoms with E-state index in [2.05, 4.69) is 32.7 Å². The van der Waals surface area contributed by atoms with Crippen molar-refractivity contribution in [1.82, 2.24) is 4.98 Å². The van der Waals surface area contributed by atoms with Crippen molar-refractivity contribution in [3.63, 3.8) is 0 Å². The summed E-state index contributed by atoms with van der Waals surface area (Å²) in [6.07, 6.45) is 6.91. The quantitative estimate of drug-likeness (QED) is 0.770. The van der Waals surface area contributed by atoms with E-state index in [1.807, 2.05) is 12.3 Å². The zero-order valence-corrected chi connectivity index (χ0v) is 11.8. The van der Waals surface area contributed by atoms with E-state index in [1.54, 1.807) is 0 Å². The predicted molar refractivity (Wildman–Crippen MR) is 72.2 cm³/mol. The van der Waals surface area contributed by atoms with Gasteiger partial charge in [0.2, 0.25) is 0 Å². The number of aromatic nitrogens is 1. The summed E-state index contributed by atoms with van der Waals surface area (Å²) in [4.78, 5) is 6.78. The van der Waals surface area contributed by atoms with Crippen molar-refractivity contribution in [2.75, 3.05) is 11.4 Å². The van der Waals surface area contributed by atoms with Crippen LogP contribution in [0, 0.1) is 0 Å². The Hall–Kier alpha value is -0.280. The average molecular weight is 304 g/mol. The van der Waals surface area contributed by atoms with E-state index in [-0.39, 0.29) is 0 Å². The minimum Gasteiger partial charge on any atom is -0.353 e. The molecule has 88 valence electrons. The minimum atomic E-state index is 0.536. The highest BCUT2D eigenvalue weighted by atomic mass is 79.9. The maximum atomic E-state index is 6.25. The van der Waals surface area contributed by atoms with Crippen LogP contribution in [0.25, 0.3) is 0 Å². The van der Waals surface area contributed by atoms with Gasteiger partial charge in [-0.3, -0.25) is 0 Å². The molecule has 0 N–H and O–H groups in total. The second-order valence-corrected chi connectivity index (χ2v) is 5.67. The Labute approximate surface area is 110 Å². The Morgan fingerprint density at radius 3 is 3.00 bits per heavy atom. The zero-order chi connectivity index (χ0) is 11.5. The largest absolute Gasteiger partial charge is 0.353 e. The van der Waals surface area contributed by atoms with Crippen molar-refractivity contribution >= 4 is 33.3 Å². The van der Waals surface area contributed by atoms with Crippen LogP contribution < -0.4 is 4.90 Å². The lowest BCUT2D eigenvalue weighted by atomic mass is 10.1. The average Bonchev–Trinajstić information content (AvgIpc) is 2.44. The number of anilines is 1. The van der Waals surface area contributed by atoms with Crippen molar-refractivity contribution in [1.29, 1.82) is 0 Å². The Morgan fingerprint density at radius 1 is 1.44 bits per heavy atom. The van der Waals surface area contributed by atoms with Gasteiger partial charge < -0.3 is 4.90 Å². The second kappa shape index (κ2) is 5.37. The lowest BCUT2D eigenvalue weighted by Gasteiger charge is -2.29. The molecule has 2 rings (SSSR count). The predicted octanol–water partition coefficient (Wildman–Crippen LogP) is 4.27. The van der Waals surface area contributed by atoms with Gasteiger partial charge in [-0.25, -0.2) is 4.98 Å². The molecule has 1 atom stereocenters. The van der Waals surface area contributed by atoms with Crippen molar-refractivity contribution in [2.45, 2.75) is 38.6 Å². The van der Waals surface area contributed by atoms with Crippen LogP contribution in [-0.2, 0) is 0 Å². The third kappa shape index (κ3) is 2.69. The summed E-state index contributed by atoms with van der Waals surface area (Å²) in [7, 11) is 0. The molecule has 0 bridgehead atoms. The first-order valence-corrected chi connectivity index (χ1v) is 6.93. The van der Waals surface area contributed by atoms with Crippen LogP contribution in [0.5, 0.6) is 0 Å². The molecule has 0 saturated carbocycles. The highest BCUT2D eigenvalue weighted by Crippen LogP contribution is 2.30. The van der Waals surface area contributed by atoms with Crippen molar-refractivity contribution in [3.05, 3.63) is 21.8 Å². The maximum Gasteiger partial charge on any atom is 0.147 e. The molecule has 0 amide bonds. The molecule has 1 aromatic heterocycles. The van der Waals surface area contributed by atoms with Crippen LogP contribution in [-0.4, -0.2) is 17.6 Å². The van der Waals surface area contributed by atoms with Crippen LogP contribution in [0.3, 0.4) is 0 Å². The van der Waals surface area contributed by atoms with Gasteiger partial charge in [-0.15, -0.1) is 0 Å². The standard InChI is InChI=1S/C12H16BrClN2/c1-9-5-3-2-4-6-16(9)12-11(14)7-10(13)8-15-12/h7-9H,2-6H2,1H3. The first-order chi connectivity index (χ1) is 7.68. The fourth-order valence-electron chi connectivity index (χ4n) is 2.21. The topological polar surface area (TPSA) is 16.1 Å². The van der Waals surface area contributed by atoms with E-state index in [0.717, 1.165) is 21.9 Å². The zero-order valence-electron chi connectivity index (χ0n) is 9.42. The molecule has 0 spiro atoms. The van der Waals surface area contributed by atoms with Gasteiger partial charge in [0.05, 0.1) is 5.02 Å². The summed E-state index contributed by atoms with van der Waals surface area (Å²) in [6, 6.07) is 2.45. The molecular formula is C12H16BrClN2. The lowest BCUT2D eigenvalue weighted by Crippen LogP contribution is -2.33. The Balaban J connectivity index is 2.27. The van der Waals surface area contributed by atoms with E-state index >= 15 is 0 Å². The number of hydrogen-bond donors (Lipinski definition) is 0. The molecule has 1 saturated heterocycles. The molecule has 1 aliphatic rings. The summed E-state index contributed by atoms with van der Waals surface area (Å²) < 4.78 is 0.934. The molecule has 2 nitrogen and oxygen atoms in total. The monoisotopic (exact) mass is 302 g/mol. The van der Waals surface area contributed by atoms with Crippen molar-refractivity contribution in [3.8, 4) is 0 Å². The maximum absolute atomic E-state index is 6.25. The number of halogens is 2. The molecule has 0 aliphatic carbocycles. The van der Waals surface area contributed by atoms with Gasteiger partial charge in [-0.05, 0) is 41.8 Å². The van der Waals surface area contributed by atoms with Crippen LogP contribution in [0.2, 0.25) is 5.02 Å². The van der Waals surface area contributed by atoms with Gasteiger partial charge in [-0.2, -0.15) is 0 Å². The molecule has 16 heavy (non-hydrogen) atoms. The lowest BCUT2D eigenvalue weighted by molar-refractivity contribution is 0.611. The van der Waals surface area contributed by atoms with Gasteiger partial charge >= 0.3 is 0 Å². The van der Waals surface area contributed by atoms with Gasteiger partial charge in [0, 0.05) is 23.3 Å². The molecule has 1 unspecified atom stereocenters. The van der Waals surface area contributed by atoms with Crippen LogP contribution >= 0.6 is 27.5 Å². The van der Waals surface area contributed by atoms with E-state index in [0.29, 0.717) is 6.04 Å². The highest BCUT2D eigenvalue weighted by molar-refractivity contribution is 9.10. The third-order valence-electron chi connectivity index (χ3n) is 3.11. The van der Waals surface area contributed by atoms with Crippen molar-refractivity contribution < 1.29 is 0 Å². The smallest absolute Gasteiger partial charge is 0.147 e. The summed E-state index contributed by atoms with van der Waals surface area (Å²) in [5, 5.41) is 0.739. The van der Waals surface area contributed by atoms with Crippen LogP contribution in [0.15, 0.2) is 16.7 Å². The molecule has 1 aliphatic heterocycles. The molecule has 4 heteroatoms. The van der Waals surface area contributed by atoms with Gasteiger partial charge in [0.25, 0.3) is 0 Å². The van der Waals surface area contributed by atoms with Gasteiger partial charge in [0.1, 0.15) is 5.82 Å². The van der Waals surface area contributed by atoms with E-state index in [4.69, 9.17) is 11.6 Å². The normalized spacial score (nSPS) is 21.9. The summed E-state index contributed by atoms with van der Waals surface area (Å²) in [5.41, 5.74) is 0. The summed E-state index contributed by atoms with van der Waals surface area (Å²) in [5.74, 6) is 0.930. The number of nitrogens with zero attached hydrogens (tertiary/aromatic N) is 2. The Bertz CT molecular complexity index is 370. The van der Waals surface area contributed by atoms with E-state index in [1.165, 1.54) is 25.7 Å². The number of rotatable bonds is 1. The summed E-state index contributed by atoms with van der Waals surface area (Å²) in [6.45, 7) is 3.32. The van der Waals surface area contributed by atoms with Crippen molar-refractivity contribution in [2.24, 2.45) is 0 Å². The highest BCUT2D eigenvalue weighted by Gasteiger charge is 2.20. The SMILES string of the molecule is CC1CCCCCN1c1ncc(Br)cc1Cl. The first kappa shape index (κ1) is 12.2. The fourth-order valence-corrected chi connectivity index (χ4v) is 2.95. The van der Waals surface area contributed by atoms with Gasteiger partial charge in [0.15, 0.2) is 0 Å². The molecule has 0 radical (unpaired) electrons. The summed E-state index contributed by atoms with van der Waals surface area (Å²) >= 11 is 9.63. The molecular weight excluding hydrogens is 288 g/mol. The molecule has 0 aromatic carbocycles. The molecule has 2 heterocycles. The van der Waals surface area contributed by atoms with E-state index < -0.39 is 0 Å². The van der Waals surface area contributed by atoms with Crippen LogP contribution in [0.4, 0.5) is 5.82 Å². The van der Waals surface area contributed by atoms with E-state index in [9.17, 15) is 0 Å². The number of pyridine rings is 1. The Morgan fingerprint density at radius 2 is 2.25 bits per heavy atom. The number of hydrogen-bond acceptors (Lipinski definition) is 2. The molecule has 1 fully saturated rings. The first-order valence-electron chi connectivity index (χ1n) is 5.76. The third-order valence-corrected chi connectivity index (χ3v) is 3.83. The fraction of sp³-hybridized carbons (Fsp3) is 0.583. The second-order valence-electron chi connectivity index (χ2n) is 4.35. The van der Waals surface area contributed by atoms with Crippen LogP contribution in [0.1, 0.15) is 32.6 Å².